The van der Waals surface area contributed by atoms with Gasteiger partial charge < -0.3 is 14.0 Å². The van der Waals surface area contributed by atoms with E-state index >= 15 is 0 Å². The van der Waals surface area contributed by atoms with Crippen LogP contribution in [0.15, 0.2) is 59.5 Å². The number of ether oxygens (including phenoxy) is 2. The molecule has 0 radical (unpaired) electrons. The van der Waals surface area contributed by atoms with Gasteiger partial charge in [0.25, 0.3) is 10.0 Å². The molecule has 1 saturated heterocycles. The summed E-state index contributed by atoms with van der Waals surface area (Å²) in [6.45, 7) is 5.31. The first kappa shape index (κ1) is 26.2. The van der Waals surface area contributed by atoms with Crippen LogP contribution in [0.1, 0.15) is 56.9 Å². The number of rotatable bonds is 8. The topological polar surface area (TPSA) is 94.9 Å². The van der Waals surface area contributed by atoms with Crippen LogP contribution in [0.3, 0.4) is 0 Å². The van der Waals surface area contributed by atoms with Gasteiger partial charge in [0.15, 0.2) is 6.61 Å². The highest BCUT2D eigenvalue weighted by Gasteiger charge is 2.29. The minimum absolute atomic E-state index is 0.0977. The maximum atomic E-state index is 13.3. The van der Waals surface area contributed by atoms with E-state index in [0.29, 0.717) is 24.3 Å². The number of para-hydroxylation sites is 1. The number of carbonyl (C=O) groups excluding carboxylic acids is 2. The van der Waals surface area contributed by atoms with E-state index in [9.17, 15) is 18.0 Å². The number of sulfonamides is 1. The van der Waals surface area contributed by atoms with Gasteiger partial charge in [0.05, 0.1) is 22.3 Å². The van der Waals surface area contributed by atoms with Crippen molar-refractivity contribution in [1.82, 2.24) is 4.57 Å². The Labute approximate surface area is 223 Å². The fourth-order valence-electron chi connectivity index (χ4n) is 5.29. The number of aromatic nitrogens is 1. The number of nitrogens with zero attached hydrogens (tertiary/aromatic N) is 2. The highest BCUT2D eigenvalue weighted by molar-refractivity contribution is 7.92. The molecule has 1 atom stereocenters. The summed E-state index contributed by atoms with van der Waals surface area (Å²) in [5.41, 5.74) is 4.18. The van der Waals surface area contributed by atoms with Crippen LogP contribution in [0.2, 0.25) is 0 Å². The molecular weight excluding hydrogens is 504 g/mol. The summed E-state index contributed by atoms with van der Waals surface area (Å²) in [6.07, 6.45) is 3.78. The second-order valence-electron chi connectivity index (χ2n) is 9.86. The number of hydrogen-bond donors (Lipinski definition) is 0. The van der Waals surface area contributed by atoms with Gasteiger partial charge in [-0.05, 0) is 81.5 Å². The Morgan fingerprint density at radius 2 is 1.82 bits per heavy atom. The van der Waals surface area contributed by atoms with E-state index in [4.69, 9.17) is 9.47 Å². The maximum Gasteiger partial charge on any atom is 0.338 e. The molecule has 2 aliphatic rings. The van der Waals surface area contributed by atoms with Crippen LogP contribution < -0.4 is 4.31 Å². The number of hydrogen-bond acceptors (Lipinski definition) is 6. The van der Waals surface area contributed by atoms with Crippen molar-refractivity contribution < 1.29 is 27.5 Å². The Hall–Kier alpha value is -3.43. The summed E-state index contributed by atoms with van der Waals surface area (Å²) in [4.78, 5) is 25.6. The minimum atomic E-state index is -3.78. The van der Waals surface area contributed by atoms with Crippen molar-refractivity contribution in [3.63, 3.8) is 0 Å². The normalized spacial score (nSPS) is 17.3. The van der Waals surface area contributed by atoms with Crippen molar-refractivity contribution in [3.05, 3.63) is 82.7 Å². The largest absolute Gasteiger partial charge is 0.454 e. The average molecular weight is 537 g/mol. The Morgan fingerprint density at radius 1 is 1.05 bits per heavy atom. The van der Waals surface area contributed by atoms with Crippen molar-refractivity contribution in [1.29, 1.82) is 0 Å². The zero-order valence-electron chi connectivity index (χ0n) is 21.7. The SMILES string of the molecule is Cc1cc(C(=O)COC(=O)c2ccc(S(=O)(=O)N3CCCc4ccccc43)cc2)c(C)n1C[C@@H]1CCCO1. The smallest absolute Gasteiger partial charge is 0.338 e. The lowest BCUT2D eigenvalue weighted by Crippen LogP contribution is -2.35. The Morgan fingerprint density at radius 3 is 2.55 bits per heavy atom. The number of fused-ring (bicyclic) bond motifs is 1. The predicted octanol–water partition coefficient (Wildman–Crippen LogP) is 4.47. The molecule has 0 spiro atoms. The predicted molar refractivity (Wildman–Crippen MR) is 143 cm³/mol. The van der Waals surface area contributed by atoms with Gasteiger partial charge in [-0.15, -0.1) is 0 Å². The van der Waals surface area contributed by atoms with Crippen LogP contribution in [0, 0.1) is 13.8 Å². The van der Waals surface area contributed by atoms with Crippen LogP contribution in [0.4, 0.5) is 5.69 Å². The third-order valence-electron chi connectivity index (χ3n) is 7.36. The molecule has 1 fully saturated rings. The second kappa shape index (κ2) is 10.7. The van der Waals surface area contributed by atoms with Gasteiger partial charge in [-0.25, -0.2) is 13.2 Å². The number of aryl methyl sites for hydroxylation is 2. The molecule has 2 aromatic carbocycles. The molecule has 0 aliphatic carbocycles. The third-order valence-corrected chi connectivity index (χ3v) is 9.19. The minimum Gasteiger partial charge on any atom is -0.454 e. The van der Waals surface area contributed by atoms with Crippen molar-refractivity contribution in [2.24, 2.45) is 0 Å². The van der Waals surface area contributed by atoms with Crippen molar-refractivity contribution in [2.75, 3.05) is 24.1 Å². The number of benzene rings is 2. The summed E-state index contributed by atoms with van der Waals surface area (Å²) in [5.74, 6) is -0.966. The number of esters is 1. The molecule has 2 aliphatic heterocycles. The van der Waals surface area contributed by atoms with Gasteiger partial charge in [0.2, 0.25) is 5.78 Å². The van der Waals surface area contributed by atoms with Gasteiger partial charge in [-0.3, -0.25) is 9.10 Å². The molecule has 5 rings (SSSR count). The van der Waals surface area contributed by atoms with Crippen molar-refractivity contribution >= 4 is 27.5 Å². The first-order valence-corrected chi connectivity index (χ1v) is 14.4. The maximum absolute atomic E-state index is 13.3. The van der Waals surface area contributed by atoms with Crippen molar-refractivity contribution in [3.8, 4) is 0 Å². The average Bonchev–Trinajstić information content (AvgIpc) is 3.55. The van der Waals surface area contributed by atoms with E-state index in [2.05, 4.69) is 4.57 Å². The van der Waals surface area contributed by atoms with E-state index in [-0.39, 0.29) is 22.3 Å². The summed E-state index contributed by atoms with van der Waals surface area (Å²) in [6, 6.07) is 15.0. The quantitative estimate of drug-likeness (QED) is 0.312. The molecule has 0 bridgehead atoms. The molecule has 9 heteroatoms. The van der Waals surface area contributed by atoms with E-state index < -0.39 is 22.6 Å². The van der Waals surface area contributed by atoms with Crippen LogP contribution in [0.25, 0.3) is 0 Å². The molecule has 3 aromatic rings. The Bertz CT molecular complexity index is 1450. The first-order valence-electron chi connectivity index (χ1n) is 12.9. The zero-order valence-corrected chi connectivity index (χ0v) is 22.5. The third kappa shape index (κ3) is 5.13. The molecule has 0 amide bonds. The fourth-order valence-corrected chi connectivity index (χ4v) is 6.83. The van der Waals surface area contributed by atoms with Gasteiger partial charge in [-0.1, -0.05) is 18.2 Å². The standard InChI is InChI=1S/C29H32N2O6S/c1-20-17-26(21(2)30(20)18-24-9-6-16-36-24)28(32)19-37-29(33)23-11-13-25(14-12-23)38(34,35)31-15-5-8-22-7-3-4-10-27(22)31/h3-4,7,10-14,17,24H,5-6,8-9,15-16,18-19H2,1-2H3/t24-/m0/s1. The second-order valence-corrected chi connectivity index (χ2v) is 11.7. The first-order chi connectivity index (χ1) is 18.3. The highest BCUT2D eigenvalue weighted by Crippen LogP contribution is 2.32. The number of anilines is 1. The molecule has 0 unspecified atom stereocenters. The Kier molecular flexibility index (Phi) is 7.40. The molecule has 0 saturated carbocycles. The summed E-state index contributed by atoms with van der Waals surface area (Å²) >= 11 is 0. The van der Waals surface area contributed by atoms with Crippen LogP contribution in [-0.4, -0.2) is 50.6 Å². The van der Waals surface area contributed by atoms with E-state index in [1.54, 1.807) is 0 Å². The monoisotopic (exact) mass is 536 g/mol. The van der Waals surface area contributed by atoms with Crippen LogP contribution >= 0.6 is 0 Å². The van der Waals surface area contributed by atoms with E-state index in [1.165, 1.54) is 28.6 Å². The number of carbonyl (C=O) groups is 2. The van der Waals surface area contributed by atoms with Gasteiger partial charge >= 0.3 is 5.97 Å². The van der Waals surface area contributed by atoms with Crippen LogP contribution in [0.5, 0.6) is 0 Å². The van der Waals surface area contributed by atoms with Crippen molar-refractivity contribution in [2.45, 2.75) is 57.1 Å². The number of Topliss-reactive ketones (excluding diaryl/α,β-unsaturated/α-hetero) is 1. The fraction of sp³-hybridized carbons (Fsp3) is 0.379. The molecule has 8 nitrogen and oxygen atoms in total. The molecule has 3 heterocycles. The molecule has 200 valence electrons. The summed E-state index contributed by atoms with van der Waals surface area (Å²) in [7, 11) is -3.78. The summed E-state index contributed by atoms with van der Waals surface area (Å²) < 4.78 is 41.2. The van der Waals surface area contributed by atoms with Crippen LogP contribution in [-0.2, 0) is 32.5 Å². The lowest BCUT2D eigenvalue weighted by molar-refractivity contribution is 0.0474. The molecule has 38 heavy (non-hydrogen) atoms. The lowest BCUT2D eigenvalue weighted by Gasteiger charge is -2.30. The van der Waals surface area contributed by atoms with Gasteiger partial charge in [0.1, 0.15) is 0 Å². The molecule has 0 N–H and O–H groups in total. The van der Waals surface area contributed by atoms with Gasteiger partial charge in [0, 0.05) is 36.6 Å². The van der Waals surface area contributed by atoms with Gasteiger partial charge in [-0.2, -0.15) is 0 Å². The van der Waals surface area contributed by atoms with E-state index in [0.717, 1.165) is 49.2 Å². The number of ketones is 1. The zero-order chi connectivity index (χ0) is 26.9. The lowest BCUT2D eigenvalue weighted by atomic mass is 10.0. The Balaban J connectivity index is 1.23. The molecular formula is C29H32N2O6S. The highest BCUT2D eigenvalue weighted by atomic mass is 32.2. The van der Waals surface area contributed by atoms with E-state index in [1.807, 2.05) is 44.2 Å². The molecule has 1 aromatic heterocycles. The summed E-state index contributed by atoms with van der Waals surface area (Å²) in [5, 5.41) is 0.